The van der Waals surface area contributed by atoms with E-state index in [9.17, 15) is 14.9 Å². The molecule has 0 radical (unpaired) electrons. The summed E-state index contributed by atoms with van der Waals surface area (Å²) in [5.41, 5.74) is 3.35. The minimum Gasteiger partial charge on any atom is -0.348 e. The molecule has 0 saturated carbocycles. The number of hydrogen-bond donors (Lipinski definition) is 2. The van der Waals surface area contributed by atoms with E-state index in [1.807, 2.05) is 18.2 Å². The number of carbonyl (C=O) groups excluding carboxylic acids is 1. The quantitative estimate of drug-likeness (QED) is 0.615. The fraction of sp³-hybridized carbons (Fsp3) is 0.350. The van der Waals surface area contributed by atoms with Crippen LogP contribution in [0.25, 0.3) is 0 Å². The van der Waals surface area contributed by atoms with Gasteiger partial charge in [0.25, 0.3) is 11.6 Å². The van der Waals surface area contributed by atoms with Crippen molar-refractivity contribution in [3.8, 4) is 0 Å². The van der Waals surface area contributed by atoms with Gasteiger partial charge in [0.2, 0.25) is 0 Å². The van der Waals surface area contributed by atoms with E-state index < -0.39 is 4.92 Å². The van der Waals surface area contributed by atoms with Gasteiger partial charge >= 0.3 is 0 Å². The Morgan fingerprint density at radius 3 is 2.50 bits per heavy atom. The molecule has 2 aromatic rings. The predicted molar refractivity (Wildman–Crippen MR) is 99.1 cm³/mol. The molecule has 6 heteroatoms. The van der Waals surface area contributed by atoms with Crippen molar-refractivity contribution in [1.29, 1.82) is 0 Å². The lowest BCUT2D eigenvalue weighted by Crippen LogP contribution is -3.08. The SMILES string of the molecule is Cc1cc(C(=O)NCc2ccccc2C[NH+]2CCCC2)ccc1[N+](=O)[O-]. The number of aryl methyl sites for hydroxylation is 1. The normalized spacial score (nSPS) is 14.3. The Labute approximate surface area is 153 Å². The van der Waals surface area contributed by atoms with Crippen LogP contribution in [-0.4, -0.2) is 23.9 Å². The number of nitro groups is 1. The molecule has 0 unspecified atom stereocenters. The molecule has 3 rings (SSSR count). The molecule has 1 fully saturated rings. The highest BCUT2D eigenvalue weighted by Gasteiger charge is 2.18. The van der Waals surface area contributed by atoms with Crippen LogP contribution in [0.1, 0.15) is 39.9 Å². The topological polar surface area (TPSA) is 76.7 Å². The Morgan fingerprint density at radius 1 is 1.15 bits per heavy atom. The third kappa shape index (κ3) is 4.26. The van der Waals surface area contributed by atoms with E-state index in [-0.39, 0.29) is 11.6 Å². The molecule has 0 aliphatic carbocycles. The summed E-state index contributed by atoms with van der Waals surface area (Å²) in [6, 6.07) is 12.6. The van der Waals surface area contributed by atoms with E-state index in [1.165, 1.54) is 43.6 Å². The second-order valence-corrected chi connectivity index (χ2v) is 6.84. The lowest BCUT2D eigenvalue weighted by Gasteiger charge is -2.15. The van der Waals surface area contributed by atoms with Crippen LogP contribution in [0, 0.1) is 17.0 Å². The molecule has 0 aromatic heterocycles. The molecule has 1 heterocycles. The molecule has 6 nitrogen and oxygen atoms in total. The van der Waals surface area contributed by atoms with E-state index in [0.29, 0.717) is 17.7 Å². The van der Waals surface area contributed by atoms with Crippen LogP contribution in [-0.2, 0) is 13.1 Å². The fourth-order valence-electron chi connectivity index (χ4n) is 3.50. The Bertz CT molecular complexity index is 814. The van der Waals surface area contributed by atoms with Gasteiger partial charge in [0.15, 0.2) is 0 Å². The average molecular weight is 354 g/mol. The van der Waals surface area contributed by atoms with Gasteiger partial charge in [0, 0.05) is 42.1 Å². The summed E-state index contributed by atoms with van der Waals surface area (Å²) in [6.07, 6.45) is 2.57. The molecule has 2 aromatic carbocycles. The van der Waals surface area contributed by atoms with Gasteiger partial charge < -0.3 is 10.2 Å². The maximum atomic E-state index is 12.4. The first-order valence-corrected chi connectivity index (χ1v) is 8.98. The summed E-state index contributed by atoms with van der Waals surface area (Å²) in [7, 11) is 0. The number of nitrogens with one attached hydrogen (secondary N) is 2. The number of likely N-dealkylation sites (tertiary alicyclic amines) is 1. The summed E-state index contributed by atoms with van der Waals surface area (Å²) < 4.78 is 0. The Hall–Kier alpha value is -2.73. The molecule has 136 valence electrons. The molecular formula is C20H24N3O3+. The van der Waals surface area contributed by atoms with Crippen molar-refractivity contribution in [3.63, 3.8) is 0 Å². The zero-order valence-corrected chi connectivity index (χ0v) is 15.0. The van der Waals surface area contributed by atoms with Crippen molar-refractivity contribution in [2.24, 2.45) is 0 Å². The van der Waals surface area contributed by atoms with Crippen LogP contribution in [0.2, 0.25) is 0 Å². The van der Waals surface area contributed by atoms with Gasteiger partial charge in [-0.1, -0.05) is 24.3 Å². The van der Waals surface area contributed by atoms with E-state index in [2.05, 4.69) is 11.4 Å². The van der Waals surface area contributed by atoms with Crippen LogP contribution in [0.4, 0.5) is 5.69 Å². The molecule has 1 aliphatic heterocycles. The molecule has 1 saturated heterocycles. The van der Waals surface area contributed by atoms with Gasteiger partial charge in [-0.3, -0.25) is 14.9 Å². The zero-order chi connectivity index (χ0) is 18.5. The van der Waals surface area contributed by atoms with Crippen molar-refractivity contribution in [1.82, 2.24) is 5.32 Å². The van der Waals surface area contributed by atoms with Crippen LogP contribution < -0.4 is 10.2 Å². The number of hydrogen-bond acceptors (Lipinski definition) is 3. The number of benzene rings is 2. The highest BCUT2D eigenvalue weighted by molar-refractivity contribution is 5.94. The second kappa shape index (κ2) is 8.10. The van der Waals surface area contributed by atoms with Crippen molar-refractivity contribution in [3.05, 3.63) is 74.8 Å². The Balaban J connectivity index is 1.66. The van der Waals surface area contributed by atoms with Gasteiger partial charge in [-0.15, -0.1) is 0 Å². The second-order valence-electron chi connectivity index (χ2n) is 6.84. The van der Waals surface area contributed by atoms with Gasteiger partial charge in [0.05, 0.1) is 18.0 Å². The molecule has 0 bridgehead atoms. The van der Waals surface area contributed by atoms with E-state index in [0.717, 1.165) is 12.1 Å². The standard InChI is InChI=1S/C20H23N3O3/c1-15-12-16(8-9-19(15)23(25)26)20(24)21-13-17-6-2-3-7-18(17)14-22-10-4-5-11-22/h2-3,6-9,12H,4-5,10-11,13-14H2,1H3,(H,21,24)/p+1. The maximum Gasteiger partial charge on any atom is 0.272 e. The molecular weight excluding hydrogens is 330 g/mol. The summed E-state index contributed by atoms with van der Waals surface area (Å²) in [5, 5.41) is 13.8. The van der Waals surface area contributed by atoms with Crippen LogP contribution in [0.3, 0.4) is 0 Å². The Kier molecular flexibility index (Phi) is 5.63. The monoisotopic (exact) mass is 354 g/mol. The summed E-state index contributed by atoms with van der Waals surface area (Å²) in [4.78, 5) is 24.5. The largest absolute Gasteiger partial charge is 0.348 e. The van der Waals surface area contributed by atoms with Gasteiger partial charge in [-0.05, 0) is 24.6 Å². The van der Waals surface area contributed by atoms with Crippen molar-refractivity contribution < 1.29 is 14.6 Å². The highest BCUT2D eigenvalue weighted by Crippen LogP contribution is 2.19. The molecule has 0 spiro atoms. The summed E-state index contributed by atoms with van der Waals surface area (Å²) in [6.45, 7) is 5.51. The highest BCUT2D eigenvalue weighted by atomic mass is 16.6. The summed E-state index contributed by atoms with van der Waals surface area (Å²) >= 11 is 0. The molecule has 2 N–H and O–H groups in total. The lowest BCUT2D eigenvalue weighted by molar-refractivity contribution is -0.901. The Morgan fingerprint density at radius 2 is 1.85 bits per heavy atom. The zero-order valence-electron chi connectivity index (χ0n) is 15.0. The van der Waals surface area contributed by atoms with Crippen molar-refractivity contribution >= 4 is 11.6 Å². The molecule has 26 heavy (non-hydrogen) atoms. The fourth-order valence-corrected chi connectivity index (χ4v) is 3.50. The summed E-state index contributed by atoms with van der Waals surface area (Å²) in [5.74, 6) is -0.216. The first-order valence-electron chi connectivity index (χ1n) is 8.98. The number of carbonyl (C=O) groups is 1. The molecule has 1 aliphatic rings. The van der Waals surface area contributed by atoms with Crippen LogP contribution in [0.15, 0.2) is 42.5 Å². The number of quaternary nitrogens is 1. The van der Waals surface area contributed by atoms with E-state index in [4.69, 9.17) is 0 Å². The first kappa shape index (κ1) is 18.1. The van der Waals surface area contributed by atoms with E-state index >= 15 is 0 Å². The molecule has 1 amide bonds. The molecule has 0 atom stereocenters. The third-order valence-electron chi connectivity index (χ3n) is 4.96. The smallest absolute Gasteiger partial charge is 0.272 e. The third-order valence-corrected chi connectivity index (χ3v) is 4.96. The van der Waals surface area contributed by atoms with Gasteiger partial charge in [-0.2, -0.15) is 0 Å². The van der Waals surface area contributed by atoms with Gasteiger partial charge in [-0.25, -0.2) is 0 Å². The minimum absolute atomic E-state index is 0.0282. The van der Waals surface area contributed by atoms with Crippen molar-refractivity contribution in [2.75, 3.05) is 13.1 Å². The van der Waals surface area contributed by atoms with Crippen molar-refractivity contribution in [2.45, 2.75) is 32.9 Å². The van der Waals surface area contributed by atoms with E-state index in [1.54, 1.807) is 17.9 Å². The first-order chi connectivity index (χ1) is 12.5. The lowest BCUT2D eigenvalue weighted by atomic mass is 10.1. The predicted octanol–water partition coefficient (Wildman–Crippen LogP) is 2.01. The number of amides is 1. The van der Waals surface area contributed by atoms with Crippen LogP contribution >= 0.6 is 0 Å². The minimum atomic E-state index is -0.437. The number of nitrogens with zero attached hydrogens (tertiary/aromatic N) is 1. The van der Waals surface area contributed by atoms with Crippen LogP contribution in [0.5, 0.6) is 0 Å². The number of nitro benzene ring substituents is 1. The maximum absolute atomic E-state index is 12.4. The van der Waals surface area contributed by atoms with Gasteiger partial charge in [0.1, 0.15) is 6.54 Å². The number of rotatable bonds is 6. The average Bonchev–Trinajstić information content (AvgIpc) is 3.13.